The van der Waals surface area contributed by atoms with Crippen molar-refractivity contribution in [2.45, 2.75) is 32.1 Å². The van der Waals surface area contributed by atoms with Crippen LogP contribution in [-0.2, 0) is 11.2 Å². The summed E-state index contributed by atoms with van der Waals surface area (Å²) in [6, 6.07) is 13.3. The van der Waals surface area contributed by atoms with Crippen LogP contribution >= 0.6 is 23.2 Å². The van der Waals surface area contributed by atoms with E-state index < -0.39 is 0 Å². The van der Waals surface area contributed by atoms with Crippen LogP contribution in [0.2, 0.25) is 10.0 Å². The van der Waals surface area contributed by atoms with Crippen LogP contribution in [-0.4, -0.2) is 17.6 Å². The predicted octanol–water partition coefficient (Wildman–Crippen LogP) is 6.19. The third-order valence-corrected chi connectivity index (χ3v) is 5.46. The summed E-state index contributed by atoms with van der Waals surface area (Å²) in [4.78, 5) is 17.7. The molecule has 3 aromatic rings. The number of rotatable bonds is 5. The van der Waals surface area contributed by atoms with Gasteiger partial charge in [0.05, 0.1) is 23.4 Å². The molecule has 0 bridgehead atoms. The summed E-state index contributed by atoms with van der Waals surface area (Å²) < 4.78 is 5.39. The number of carbonyl (C=O) groups is 1. The number of aromatic nitrogens is 1. The van der Waals surface area contributed by atoms with E-state index in [0.717, 1.165) is 40.6 Å². The van der Waals surface area contributed by atoms with E-state index in [-0.39, 0.29) is 5.97 Å². The van der Waals surface area contributed by atoms with E-state index in [9.17, 15) is 4.79 Å². The Hall–Kier alpha value is -2.10. The van der Waals surface area contributed by atoms with Crippen molar-refractivity contribution in [3.63, 3.8) is 0 Å². The van der Waals surface area contributed by atoms with E-state index >= 15 is 0 Å². The van der Waals surface area contributed by atoms with Crippen LogP contribution in [0.25, 0.3) is 10.9 Å². The monoisotopic (exact) mass is 399 g/mol. The summed E-state index contributed by atoms with van der Waals surface area (Å²) in [6.45, 7) is 2.13. The number of pyridine rings is 1. The molecular weight excluding hydrogens is 381 g/mol. The number of fused-ring (bicyclic) bond motifs is 1. The zero-order chi connectivity index (χ0) is 19.0. The van der Waals surface area contributed by atoms with Crippen LogP contribution in [0.4, 0.5) is 0 Å². The topological polar surface area (TPSA) is 39.2 Å². The maximum absolute atomic E-state index is 12.9. The molecule has 0 N–H and O–H groups in total. The number of hydrogen-bond donors (Lipinski definition) is 0. The first-order chi connectivity index (χ1) is 13.1. The Morgan fingerprint density at radius 2 is 1.96 bits per heavy atom. The molecule has 3 nitrogen and oxygen atoms in total. The van der Waals surface area contributed by atoms with Crippen molar-refractivity contribution in [2.75, 3.05) is 6.61 Å². The lowest BCUT2D eigenvalue weighted by Crippen LogP contribution is -2.14. The SMILES string of the molecule is CCOC(=O)c1c(C2CC2)nc2ccc(Cl)cc2c1Cc1ccccc1Cl. The number of halogens is 2. The van der Waals surface area contributed by atoms with Gasteiger partial charge in [0.2, 0.25) is 0 Å². The summed E-state index contributed by atoms with van der Waals surface area (Å²) in [7, 11) is 0. The third kappa shape index (κ3) is 3.67. The van der Waals surface area contributed by atoms with Gasteiger partial charge in [-0.05, 0) is 55.2 Å². The molecule has 138 valence electrons. The maximum Gasteiger partial charge on any atom is 0.340 e. The summed E-state index contributed by atoms with van der Waals surface area (Å²) in [5.74, 6) is -0.00897. The second-order valence-electron chi connectivity index (χ2n) is 6.77. The Kier molecular flexibility index (Phi) is 5.07. The summed E-state index contributed by atoms with van der Waals surface area (Å²) in [6.07, 6.45) is 2.61. The van der Waals surface area contributed by atoms with Crippen LogP contribution in [0.1, 0.15) is 52.9 Å². The number of hydrogen-bond acceptors (Lipinski definition) is 3. The molecule has 5 heteroatoms. The number of esters is 1. The lowest BCUT2D eigenvalue weighted by molar-refractivity contribution is 0.0523. The summed E-state index contributed by atoms with van der Waals surface area (Å²) in [5, 5.41) is 2.15. The van der Waals surface area contributed by atoms with Crippen molar-refractivity contribution in [1.29, 1.82) is 0 Å². The number of carbonyl (C=O) groups excluding carboxylic acids is 1. The first-order valence-electron chi connectivity index (χ1n) is 9.11. The van der Waals surface area contributed by atoms with Crippen LogP contribution < -0.4 is 0 Å². The smallest absolute Gasteiger partial charge is 0.340 e. The maximum atomic E-state index is 12.9. The van der Waals surface area contributed by atoms with Crippen molar-refractivity contribution >= 4 is 40.1 Å². The van der Waals surface area contributed by atoms with Gasteiger partial charge in [0.1, 0.15) is 0 Å². The normalized spacial score (nSPS) is 13.7. The minimum Gasteiger partial charge on any atom is -0.462 e. The van der Waals surface area contributed by atoms with Crippen LogP contribution in [0.5, 0.6) is 0 Å². The molecule has 1 aliphatic carbocycles. The molecule has 1 heterocycles. The van der Waals surface area contributed by atoms with Crippen LogP contribution in [0, 0.1) is 0 Å². The quantitative estimate of drug-likeness (QED) is 0.480. The van der Waals surface area contributed by atoms with Crippen molar-refractivity contribution in [3.05, 3.63) is 74.9 Å². The highest BCUT2D eigenvalue weighted by Gasteiger charge is 2.33. The highest BCUT2D eigenvalue weighted by atomic mass is 35.5. The van der Waals surface area contributed by atoms with Gasteiger partial charge in [0.25, 0.3) is 0 Å². The fourth-order valence-corrected chi connectivity index (χ4v) is 3.80. The van der Waals surface area contributed by atoms with E-state index in [1.54, 1.807) is 0 Å². The van der Waals surface area contributed by atoms with Crippen molar-refractivity contribution in [2.24, 2.45) is 0 Å². The van der Waals surface area contributed by atoms with E-state index in [2.05, 4.69) is 0 Å². The average Bonchev–Trinajstić information content (AvgIpc) is 3.48. The summed E-state index contributed by atoms with van der Waals surface area (Å²) in [5.41, 5.74) is 4.10. The predicted molar refractivity (Wildman–Crippen MR) is 109 cm³/mol. The van der Waals surface area contributed by atoms with E-state index in [0.29, 0.717) is 34.6 Å². The summed E-state index contributed by atoms with van der Waals surface area (Å²) >= 11 is 12.7. The number of benzene rings is 2. The zero-order valence-electron chi connectivity index (χ0n) is 15.0. The van der Waals surface area contributed by atoms with E-state index in [1.807, 2.05) is 49.4 Å². The standard InChI is InChI=1S/C22H19Cl2NO2/c1-2-27-22(26)20-17(11-14-5-3-4-6-18(14)24)16-12-15(23)9-10-19(16)25-21(20)13-7-8-13/h3-6,9-10,12-13H,2,7-8,11H2,1H3. The first kappa shape index (κ1) is 18.3. The Morgan fingerprint density at radius 1 is 1.19 bits per heavy atom. The third-order valence-electron chi connectivity index (χ3n) is 4.85. The fraction of sp³-hybridized carbons (Fsp3) is 0.273. The Labute approximate surface area is 168 Å². The van der Waals surface area contributed by atoms with Gasteiger partial charge in [0, 0.05) is 27.8 Å². The fourth-order valence-electron chi connectivity index (χ4n) is 3.42. The molecular formula is C22H19Cl2NO2. The molecule has 0 radical (unpaired) electrons. The molecule has 0 aliphatic heterocycles. The minimum atomic E-state index is -0.323. The lowest BCUT2D eigenvalue weighted by atomic mass is 9.93. The second-order valence-corrected chi connectivity index (χ2v) is 7.62. The molecule has 1 aliphatic rings. The van der Waals surface area contributed by atoms with Gasteiger partial charge in [0.15, 0.2) is 0 Å². The molecule has 0 spiro atoms. The highest BCUT2D eigenvalue weighted by molar-refractivity contribution is 6.31. The highest BCUT2D eigenvalue weighted by Crippen LogP contribution is 2.43. The van der Waals surface area contributed by atoms with Crippen molar-refractivity contribution in [3.8, 4) is 0 Å². The molecule has 0 amide bonds. The van der Waals surface area contributed by atoms with Gasteiger partial charge >= 0.3 is 5.97 Å². The van der Waals surface area contributed by atoms with Gasteiger partial charge in [-0.25, -0.2) is 4.79 Å². The zero-order valence-corrected chi connectivity index (χ0v) is 16.5. The molecule has 0 unspecified atom stereocenters. The molecule has 2 aromatic carbocycles. The Bertz CT molecular complexity index is 1030. The van der Waals surface area contributed by atoms with Gasteiger partial charge in [-0.1, -0.05) is 41.4 Å². The van der Waals surface area contributed by atoms with Gasteiger partial charge in [-0.3, -0.25) is 4.98 Å². The van der Waals surface area contributed by atoms with E-state index in [4.69, 9.17) is 32.9 Å². The average molecular weight is 400 g/mol. The molecule has 0 saturated heterocycles. The largest absolute Gasteiger partial charge is 0.462 e. The van der Waals surface area contributed by atoms with Crippen molar-refractivity contribution < 1.29 is 9.53 Å². The number of nitrogens with zero attached hydrogens (tertiary/aromatic N) is 1. The van der Waals surface area contributed by atoms with Crippen LogP contribution in [0.3, 0.4) is 0 Å². The lowest BCUT2D eigenvalue weighted by Gasteiger charge is -2.17. The van der Waals surface area contributed by atoms with Crippen molar-refractivity contribution in [1.82, 2.24) is 4.98 Å². The minimum absolute atomic E-state index is 0.314. The second kappa shape index (κ2) is 7.49. The van der Waals surface area contributed by atoms with Gasteiger partial charge in [-0.2, -0.15) is 0 Å². The number of ether oxygens (including phenoxy) is 1. The molecule has 0 atom stereocenters. The molecule has 4 rings (SSSR count). The Morgan fingerprint density at radius 3 is 2.67 bits per heavy atom. The molecule has 27 heavy (non-hydrogen) atoms. The van der Waals surface area contributed by atoms with Crippen LogP contribution in [0.15, 0.2) is 42.5 Å². The van der Waals surface area contributed by atoms with Gasteiger partial charge < -0.3 is 4.74 Å². The molecule has 1 fully saturated rings. The first-order valence-corrected chi connectivity index (χ1v) is 9.86. The molecule has 1 aromatic heterocycles. The molecule has 1 saturated carbocycles. The Balaban J connectivity index is 1.99. The van der Waals surface area contributed by atoms with Gasteiger partial charge in [-0.15, -0.1) is 0 Å². The van der Waals surface area contributed by atoms with E-state index in [1.165, 1.54) is 0 Å².